The van der Waals surface area contributed by atoms with Gasteiger partial charge in [-0.15, -0.1) is 0 Å². The maximum Gasteiger partial charge on any atom is 0.147 e. The molecule has 55 heavy (non-hydrogen) atoms. The highest BCUT2D eigenvalue weighted by Gasteiger charge is 2.23. The summed E-state index contributed by atoms with van der Waals surface area (Å²) in [5.74, 6) is 0. The van der Waals surface area contributed by atoms with Crippen LogP contribution in [-0.2, 0) is 0 Å². The molecule has 2 aromatic heterocycles. The van der Waals surface area contributed by atoms with Crippen molar-refractivity contribution in [3.05, 3.63) is 200 Å². The second-order valence-electron chi connectivity index (χ2n) is 14.1. The van der Waals surface area contributed by atoms with E-state index in [2.05, 4.69) is 205 Å². The van der Waals surface area contributed by atoms with Crippen molar-refractivity contribution in [2.45, 2.75) is 0 Å². The van der Waals surface area contributed by atoms with Crippen molar-refractivity contribution in [3.63, 3.8) is 0 Å². The number of benzene rings is 9. The smallest absolute Gasteiger partial charge is 0.147 e. The van der Waals surface area contributed by atoms with Crippen LogP contribution in [0.1, 0.15) is 0 Å². The molecular weight excluding hydrogens is 671 g/mol. The first-order valence-corrected chi connectivity index (χ1v) is 18.7. The maximum atomic E-state index is 6.78. The molecule has 2 heterocycles. The van der Waals surface area contributed by atoms with Crippen molar-refractivity contribution < 1.29 is 8.83 Å². The van der Waals surface area contributed by atoms with Gasteiger partial charge in [-0.05, 0) is 105 Å². The number of hydrogen-bond donors (Lipinski definition) is 0. The first kappa shape index (κ1) is 31.2. The number of anilines is 3. The molecule has 0 aliphatic carbocycles. The minimum Gasteiger partial charge on any atom is -0.456 e. The SMILES string of the molecule is c1ccc(-c2ccc(N(c3ccc(-c4cccc(-c5ccccc5)c4)cc3)c3cccc4oc5ccc6c(oc7ccc8ccccc8c76)c5c34)cc2)cc1. The van der Waals surface area contributed by atoms with Crippen LogP contribution in [0.4, 0.5) is 17.1 Å². The van der Waals surface area contributed by atoms with Crippen LogP contribution in [0, 0.1) is 0 Å². The van der Waals surface area contributed by atoms with E-state index >= 15 is 0 Å². The summed E-state index contributed by atoms with van der Waals surface area (Å²) < 4.78 is 13.4. The number of fused-ring (bicyclic) bond motifs is 9. The van der Waals surface area contributed by atoms with E-state index in [0.717, 1.165) is 66.5 Å². The molecule has 0 saturated heterocycles. The predicted octanol–water partition coefficient (Wildman–Crippen LogP) is 15.1. The van der Waals surface area contributed by atoms with Gasteiger partial charge in [-0.25, -0.2) is 0 Å². The van der Waals surface area contributed by atoms with E-state index in [4.69, 9.17) is 8.83 Å². The van der Waals surface area contributed by atoms with Crippen LogP contribution in [-0.4, -0.2) is 0 Å². The van der Waals surface area contributed by atoms with E-state index in [-0.39, 0.29) is 0 Å². The number of furan rings is 2. The third kappa shape index (κ3) is 5.20. The van der Waals surface area contributed by atoms with E-state index < -0.39 is 0 Å². The average molecular weight is 704 g/mol. The minimum absolute atomic E-state index is 0.798. The quantitative estimate of drug-likeness (QED) is 0.173. The van der Waals surface area contributed by atoms with Gasteiger partial charge in [0.2, 0.25) is 0 Å². The van der Waals surface area contributed by atoms with Crippen LogP contribution in [0.25, 0.3) is 88.0 Å². The molecule has 0 aliphatic heterocycles. The lowest BCUT2D eigenvalue weighted by Crippen LogP contribution is -2.10. The Hall–Kier alpha value is -7.36. The maximum absolute atomic E-state index is 6.78. The molecule has 0 atom stereocenters. The number of hydrogen-bond acceptors (Lipinski definition) is 3. The second kappa shape index (κ2) is 12.6. The fraction of sp³-hybridized carbons (Fsp3) is 0. The molecule has 3 nitrogen and oxygen atoms in total. The van der Waals surface area contributed by atoms with Crippen LogP contribution < -0.4 is 4.90 Å². The fourth-order valence-corrected chi connectivity index (χ4v) is 8.25. The molecule has 0 unspecified atom stereocenters. The van der Waals surface area contributed by atoms with Gasteiger partial charge >= 0.3 is 0 Å². The van der Waals surface area contributed by atoms with Crippen LogP contribution in [0.15, 0.2) is 209 Å². The Bertz CT molecular complexity index is 3180. The van der Waals surface area contributed by atoms with Gasteiger partial charge in [-0.2, -0.15) is 0 Å². The van der Waals surface area contributed by atoms with Gasteiger partial charge in [0.15, 0.2) is 0 Å². The van der Waals surface area contributed by atoms with Gasteiger partial charge in [-0.3, -0.25) is 0 Å². The third-order valence-corrected chi connectivity index (χ3v) is 10.9. The number of nitrogens with zero attached hydrogens (tertiary/aromatic N) is 1. The molecule has 9 aromatic carbocycles. The molecule has 0 spiro atoms. The largest absolute Gasteiger partial charge is 0.456 e. The highest BCUT2D eigenvalue weighted by Crippen LogP contribution is 2.47. The molecule has 0 N–H and O–H groups in total. The standard InChI is InChI=1S/C52H33NO2/c1-3-11-34(12-4-1)36-21-26-41(27-22-36)53(42-28-23-37(24-29-42)40-17-9-16-39(33-40)35-13-5-2-6-14-35)45-19-10-20-46-50(45)51-48(54-46)32-30-44-49-43-18-8-7-15-38(43)25-31-47(49)55-52(44)51/h1-33H. The third-order valence-electron chi connectivity index (χ3n) is 10.9. The number of rotatable bonds is 6. The Morgan fingerprint density at radius 3 is 1.55 bits per heavy atom. The summed E-state index contributed by atoms with van der Waals surface area (Å²) in [6.07, 6.45) is 0. The van der Waals surface area contributed by atoms with E-state index in [9.17, 15) is 0 Å². The van der Waals surface area contributed by atoms with Crippen molar-refractivity contribution in [2.75, 3.05) is 4.90 Å². The molecule has 11 aromatic rings. The van der Waals surface area contributed by atoms with Gasteiger partial charge in [0, 0.05) is 22.1 Å². The van der Waals surface area contributed by atoms with Crippen LogP contribution in [0.5, 0.6) is 0 Å². The minimum atomic E-state index is 0.798. The van der Waals surface area contributed by atoms with Gasteiger partial charge in [0.05, 0.1) is 16.5 Å². The van der Waals surface area contributed by atoms with Crippen LogP contribution in [0.3, 0.4) is 0 Å². The highest BCUT2D eigenvalue weighted by molar-refractivity contribution is 6.28. The summed E-state index contributed by atoms with van der Waals surface area (Å²) in [6.45, 7) is 0. The van der Waals surface area contributed by atoms with Crippen LogP contribution >= 0.6 is 0 Å². The summed E-state index contributed by atoms with van der Waals surface area (Å²) in [5.41, 5.74) is 13.5. The first-order valence-electron chi connectivity index (χ1n) is 18.7. The second-order valence-corrected chi connectivity index (χ2v) is 14.1. The molecule has 3 heteroatoms. The lowest BCUT2D eigenvalue weighted by atomic mass is 9.98. The molecule has 0 amide bonds. The van der Waals surface area contributed by atoms with Crippen LogP contribution in [0.2, 0.25) is 0 Å². The Kier molecular flexibility index (Phi) is 7.17. The summed E-state index contributed by atoms with van der Waals surface area (Å²) in [5, 5.41) is 6.57. The molecule has 0 saturated carbocycles. The summed E-state index contributed by atoms with van der Waals surface area (Å²) in [7, 11) is 0. The lowest BCUT2D eigenvalue weighted by Gasteiger charge is -2.26. The zero-order chi connectivity index (χ0) is 36.3. The van der Waals surface area contributed by atoms with Crippen molar-refractivity contribution in [2.24, 2.45) is 0 Å². The zero-order valence-electron chi connectivity index (χ0n) is 29.8. The summed E-state index contributed by atoms with van der Waals surface area (Å²) in [6, 6.07) is 70.9. The van der Waals surface area contributed by atoms with E-state index in [1.165, 1.54) is 38.6 Å². The van der Waals surface area contributed by atoms with Crippen molar-refractivity contribution in [1.82, 2.24) is 0 Å². The Morgan fingerprint density at radius 2 is 0.836 bits per heavy atom. The van der Waals surface area contributed by atoms with Crippen molar-refractivity contribution >= 4 is 71.7 Å². The Morgan fingerprint density at radius 1 is 0.309 bits per heavy atom. The van der Waals surface area contributed by atoms with Gasteiger partial charge in [0.1, 0.15) is 22.3 Å². The Balaban J connectivity index is 1.11. The first-order chi connectivity index (χ1) is 27.3. The molecular formula is C52H33NO2. The zero-order valence-corrected chi connectivity index (χ0v) is 29.8. The molecule has 258 valence electrons. The fourth-order valence-electron chi connectivity index (χ4n) is 8.25. The van der Waals surface area contributed by atoms with Gasteiger partial charge in [0.25, 0.3) is 0 Å². The molecule has 0 bridgehead atoms. The average Bonchev–Trinajstić information content (AvgIpc) is 3.84. The molecule has 0 aliphatic rings. The van der Waals surface area contributed by atoms with Gasteiger partial charge < -0.3 is 13.7 Å². The van der Waals surface area contributed by atoms with Crippen molar-refractivity contribution in [1.29, 1.82) is 0 Å². The van der Waals surface area contributed by atoms with Gasteiger partial charge in [-0.1, -0.05) is 140 Å². The van der Waals surface area contributed by atoms with E-state index in [1.807, 2.05) is 0 Å². The van der Waals surface area contributed by atoms with E-state index in [1.54, 1.807) is 0 Å². The molecule has 0 fully saturated rings. The lowest BCUT2D eigenvalue weighted by molar-refractivity contribution is 0.663. The Labute approximate surface area is 317 Å². The monoisotopic (exact) mass is 703 g/mol. The topological polar surface area (TPSA) is 29.5 Å². The molecule has 0 radical (unpaired) electrons. The normalized spacial score (nSPS) is 11.6. The summed E-state index contributed by atoms with van der Waals surface area (Å²) in [4.78, 5) is 2.34. The highest BCUT2D eigenvalue weighted by atomic mass is 16.3. The van der Waals surface area contributed by atoms with E-state index in [0.29, 0.717) is 0 Å². The predicted molar refractivity (Wildman–Crippen MR) is 229 cm³/mol. The summed E-state index contributed by atoms with van der Waals surface area (Å²) >= 11 is 0. The van der Waals surface area contributed by atoms with Crippen molar-refractivity contribution in [3.8, 4) is 33.4 Å². The molecule has 11 rings (SSSR count).